The van der Waals surface area contributed by atoms with Crippen LogP contribution in [0.5, 0.6) is 5.75 Å². The van der Waals surface area contributed by atoms with Crippen molar-refractivity contribution in [3.8, 4) is 16.9 Å². The van der Waals surface area contributed by atoms with E-state index in [9.17, 15) is 9.90 Å². The van der Waals surface area contributed by atoms with Gasteiger partial charge in [0.05, 0.1) is 23.2 Å². The Kier molecular flexibility index (Phi) is 5.72. The predicted octanol–water partition coefficient (Wildman–Crippen LogP) is 6.33. The zero-order valence-electron chi connectivity index (χ0n) is 20.8. The second kappa shape index (κ2) is 8.61. The van der Waals surface area contributed by atoms with Crippen LogP contribution in [-0.2, 0) is 16.0 Å². The summed E-state index contributed by atoms with van der Waals surface area (Å²) in [5.41, 5.74) is 6.20. The molecule has 2 aromatic carbocycles. The number of pyridine rings is 2. The molecule has 1 aliphatic heterocycles. The molecule has 1 N–H and O–H groups in total. The van der Waals surface area contributed by atoms with Gasteiger partial charge in [0.2, 0.25) is 0 Å². The summed E-state index contributed by atoms with van der Waals surface area (Å²) >= 11 is 0. The molecule has 1 unspecified atom stereocenters. The number of benzene rings is 2. The second-order valence-electron chi connectivity index (χ2n) is 9.85. The molecule has 5 rings (SSSR count). The van der Waals surface area contributed by atoms with Crippen LogP contribution in [0.15, 0.2) is 42.6 Å². The average molecular weight is 471 g/mol. The number of aliphatic carboxylic acids is 1. The molecule has 1 atom stereocenters. The van der Waals surface area contributed by atoms with Crippen molar-refractivity contribution in [1.82, 2.24) is 9.97 Å². The molecule has 0 spiro atoms. The summed E-state index contributed by atoms with van der Waals surface area (Å²) in [4.78, 5) is 22.2. The number of hydrogen-bond donors (Lipinski definition) is 1. The second-order valence-corrected chi connectivity index (χ2v) is 9.85. The summed E-state index contributed by atoms with van der Waals surface area (Å²) in [5.74, 6) is -0.210. The number of hydrogen-bond acceptors (Lipinski definition) is 5. The zero-order chi connectivity index (χ0) is 24.9. The van der Waals surface area contributed by atoms with E-state index in [1.54, 1.807) is 0 Å². The van der Waals surface area contributed by atoms with Crippen molar-refractivity contribution in [1.29, 1.82) is 0 Å². The molecule has 3 heterocycles. The molecule has 6 nitrogen and oxygen atoms in total. The summed E-state index contributed by atoms with van der Waals surface area (Å²) in [6.07, 6.45) is 2.16. The minimum Gasteiger partial charge on any atom is -0.493 e. The van der Waals surface area contributed by atoms with Gasteiger partial charge in [0.1, 0.15) is 5.75 Å². The first kappa shape index (κ1) is 23.2. The molecule has 0 saturated heterocycles. The Morgan fingerprint density at radius 1 is 1.20 bits per heavy atom. The predicted molar refractivity (Wildman–Crippen MR) is 137 cm³/mol. The van der Waals surface area contributed by atoms with E-state index < -0.39 is 17.7 Å². The summed E-state index contributed by atoms with van der Waals surface area (Å²) in [5, 5.41) is 12.2. The van der Waals surface area contributed by atoms with Gasteiger partial charge < -0.3 is 14.6 Å². The Labute approximate surface area is 204 Å². The van der Waals surface area contributed by atoms with Crippen molar-refractivity contribution >= 4 is 27.8 Å². The van der Waals surface area contributed by atoms with Gasteiger partial charge in [0, 0.05) is 40.2 Å². The molecule has 0 radical (unpaired) electrons. The molecule has 0 amide bonds. The van der Waals surface area contributed by atoms with Crippen LogP contribution in [0.25, 0.3) is 32.9 Å². The number of ether oxygens (including phenoxy) is 2. The molecular formula is C29H30N2O4. The van der Waals surface area contributed by atoms with E-state index in [4.69, 9.17) is 19.4 Å². The monoisotopic (exact) mass is 470 g/mol. The van der Waals surface area contributed by atoms with E-state index in [1.807, 2.05) is 77.2 Å². The van der Waals surface area contributed by atoms with Crippen molar-refractivity contribution in [3.63, 3.8) is 0 Å². The highest BCUT2D eigenvalue weighted by atomic mass is 16.5. The molecule has 1 aliphatic rings. The van der Waals surface area contributed by atoms with Crippen LogP contribution in [0.3, 0.4) is 0 Å². The number of nitrogens with zero attached hydrogens (tertiary/aromatic N) is 2. The Morgan fingerprint density at radius 3 is 2.74 bits per heavy atom. The van der Waals surface area contributed by atoms with Gasteiger partial charge in [0.25, 0.3) is 0 Å². The third kappa shape index (κ3) is 4.02. The minimum absolute atomic E-state index is 0.612. The van der Waals surface area contributed by atoms with Crippen LogP contribution in [0, 0.1) is 13.8 Å². The Hall–Kier alpha value is -3.51. The summed E-state index contributed by atoms with van der Waals surface area (Å²) in [7, 11) is 0. The largest absolute Gasteiger partial charge is 0.493 e. The molecule has 180 valence electrons. The van der Waals surface area contributed by atoms with Gasteiger partial charge in [-0.15, -0.1) is 0 Å². The fraction of sp³-hybridized carbons (Fsp3) is 0.345. The molecular weight excluding hydrogens is 440 g/mol. The molecule has 6 heteroatoms. The Bertz CT molecular complexity index is 1470. The van der Waals surface area contributed by atoms with E-state index >= 15 is 0 Å². The summed E-state index contributed by atoms with van der Waals surface area (Å²) in [6, 6.07) is 11.9. The lowest BCUT2D eigenvalue weighted by molar-refractivity contribution is -0.162. The van der Waals surface area contributed by atoms with Crippen molar-refractivity contribution in [2.24, 2.45) is 0 Å². The molecule has 4 aromatic rings. The maximum absolute atomic E-state index is 12.7. The number of carbonyl (C=O) groups is 1. The Balaban J connectivity index is 1.89. The zero-order valence-corrected chi connectivity index (χ0v) is 20.8. The minimum atomic E-state index is -1.15. The third-order valence-electron chi connectivity index (χ3n) is 6.99. The molecule has 2 aromatic heterocycles. The molecule has 0 fully saturated rings. The highest BCUT2D eigenvalue weighted by molar-refractivity contribution is 6.08. The molecule has 0 saturated carbocycles. The summed E-state index contributed by atoms with van der Waals surface area (Å²) < 4.78 is 12.2. The topological polar surface area (TPSA) is 81.5 Å². The van der Waals surface area contributed by atoms with Crippen molar-refractivity contribution in [2.75, 3.05) is 6.61 Å². The van der Waals surface area contributed by atoms with Gasteiger partial charge >= 0.3 is 5.97 Å². The lowest BCUT2D eigenvalue weighted by Crippen LogP contribution is -2.30. The van der Waals surface area contributed by atoms with Gasteiger partial charge in [-0.25, -0.2) is 4.79 Å². The van der Waals surface area contributed by atoms with E-state index in [-0.39, 0.29) is 0 Å². The third-order valence-corrected chi connectivity index (χ3v) is 6.99. The fourth-order valence-corrected chi connectivity index (χ4v) is 4.89. The van der Waals surface area contributed by atoms with Crippen molar-refractivity contribution in [2.45, 2.75) is 59.2 Å². The van der Waals surface area contributed by atoms with Gasteiger partial charge in [-0.3, -0.25) is 9.97 Å². The molecule has 0 aliphatic carbocycles. The quantitative estimate of drug-likeness (QED) is 0.354. The highest BCUT2D eigenvalue weighted by Crippen LogP contribution is 2.45. The van der Waals surface area contributed by atoms with Gasteiger partial charge in [-0.05, 0) is 81.1 Å². The van der Waals surface area contributed by atoms with Crippen LogP contribution in [0.1, 0.15) is 55.7 Å². The number of aromatic nitrogens is 2. The first-order valence-corrected chi connectivity index (χ1v) is 12.1. The van der Waals surface area contributed by atoms with Gasteiger partial charge in [0.15, 0.2) is 6.10 Å². The standard InChI is InChI=1S/C29H30N2O4/c1-6-29(4,5)35-27(28(32)33)23-16(2)15-21-19(8-7-17(3)31-21)25(23)20-9-10-22-24-18(12-14-34-22)11-13-30-26(20)24/h7-11,13,15,27H,6,12,14H2,1-5H3,(H,32,33). The average Bonchev–Trinajstić information content (AvgIpc) is 2.82. The maximum atomic E-state index is 12.7. The molecule has 35 heavy (non-hydrogen) atoms. The Morgan fingerprint density at radius 2 is 2.00 bits per heavy atom. The van der Waals surface area contributed by atoms with Gasteiger partial charge in [-0.2, -0.15) is 0 Å². The molecule has 0 bridgehead atoms. The number of carboxylic acid groups (broad SMARTS) is 1. The lowest BCUT2D eigenvalue weighted by atomic mass is 9.86. The lowest BCUT2D eigenvalue weighted by Gasteiger charge is -2.30. The van der Waals surface area contributed by atoms with Crippen molar-refractivity contribution < 1.29 is 19.4 Å². The van der Waals surface area contributed by atoms with E-state index in [2.05, 4.69) is 0 Å². The van der Waals surface area contributed by atoms with Crippen LogP contribution < -0.4 is 4.74 Å². The fourth-order valence-electron chi connectivity index (χ4n) is 4.89. The van der Waals surface area contributed by atoms with E-state index in [0.717, 1.165) is 56.4 Å². The van der Waals surface area contributed by atoms with Crippen LogP contribution in [0.4, 0.5) is 0 Å². The maximum Gasteiger partial charge on any atom is 0.337 e. The number of fused-ring (bicyclic) bond motifs is 1. The number of carboxylic acids is 1. The SMILES string of the molecule is CCC(C)(C)OC(C(=O)O)c1c(C)cc2nc(C)ccc2c1-c1ccc2c3c(ccnc13)CCO2. The smallest absolute Gasteiger partial charge is 0.337 e. The normalized spacial score (nSPS) is 14.2. The van der Waals surface area contributed by atoms with E-state index in [0.29, 0.717) is 18.6 Å². The number of rotatable bonds is 6. The van der Waals surface area contributed by atoms with Crippen molar-refractivity contribution in [3.05, 3.63) is 65.0 Å². The van der Waals surface area contributed by atoms with Crippen LogP contribution >= 0.6 is 0 Å². The first-order valence-electron chi connectivity index (χ1n) is 12.1. The highest BCUT2D eigenvalue weighted by Gasteiger charge is 2.33. The van der Waals surface area contributed by atoms with Gasteiger partial charge in [-0.1, -0.05) is 13.0 Å². The van der Waals surface area contributed by atoms with Crippen LogP contribution in [0.2, 0.25) is 0 Å². The first-order chi connectivity index (χ1) is 16.7. The van der Waals surface area contributed by atoms with E-state index in [1.165, 1.54) is 5.56 Å². The summed E-state index contributed by atoms with van der Waals surface area (Å²) in [6.45, 7) is 10.4. The number of aryl methyl sites for hydroxylation is 2. The van der Waals surface area contributed by atoms with Crippen LogP contribution in [-0.4, -0.2) is 33.3 Å².